The summed E-state index contributed by atoms with van der Waals surface area (Å²) in [4.78, 5) is 18.0. The average Bonchev–Trinajstić information content (AvgIpc) is 2.68. The van der Waals surface area contributed by atoms with Crippen LogP contribution in [0.25, 0.3) is 0 Å². The highest BCUT2D eigenvalue weighted by Crippen LogP contribution is 2.22. The molecule has 4 aliphatic heterocycles. The van der Waals surface area contributed by atoms with Gasteiger partial charge in [-0.25, -0.2) is 0 Å². The summed E-state index contributed by atoms with van der Waals surface area (Å²) in [6, 6.07) is 6.96. The molecule has 8 heteroatoms. The van der Waals surface area contributed by atoms with Gasteiger partial charge in [0.2, 0.25) is 0 Å². The Balaban J connectivity index is 0.00000196. The molecule has 1 aromatic rings. The maximum atomic E-state index is 10.8. The Morgan fingerprint density at radius 3 is 2.04 bits per heavy atom. The maximum absolute atomic E-state index is 10.8. The van der Waals surface area contributed by atoms with Crippen LogP contribution in [0.15, 0.2) is 24.3 Å². The van der Waals surface area contributed by atoms with E-state index in [1.807, 2.05) is 12.1 Å². The predicted octanol–water partition coefficient (Wildman–Crippen LogP) is -2.13. The molecule has 0 spiro atoms. The Labute approximate surface area is 172 Å². The topological polar surface area (TPSA) is 52.9 Å². The zero-order valence-electron chi connectivity index (χ0n) is 15.2. The highest BCUT2D eigenvalue weighted by molar-refractivity contribution is 5.51. The van der Waals surface area contributed by atoms with Crippen LogP contribution in [0.2, 0.25) is 0 Å². The number of nitro benzene ring substituents is 1. The molecular formula is C18H28IN5O2. The molecule has 0 aromatic heterocycles. The van der Waals surface area contributed by atoms with Crippen LogP contribution < -0.4 is 28.9 Å². The summed E-state index contributed by atoms with van der Waals surface area (Å²) < 4.78 is 1.33. The van der Waals surface area contributed by atoms with Crippen LogP contribution in [0, 0.1) is 10.1 Å². The lowest BCUT2D eigenvalue weighted by Gasteiger charge is -2.51. The van der Waals surface area contributed by atoms with Gasteiger partial charge < -0.3 is 33.4 Å². The van der Waals surface area contributed by atoms with E-state index in [9.17, 15) is 10.1 Å². The standard InChI is InChI=1S/C18H28N5O2.HI/c24-22(25)18-3-1-17(2-4-18)21-7-5-19(6-8-21)9-13-23-14-10-20(11-15-23)12-16-23;/h1-4H,5-16H2;1H/q+1;/p-1. The minimum absolute atomic E-state index is 0. The van der Waals surface area contributed by atoms with E-state index < -0.39 is 0 Å². The van der Waals surface area contributed by atoms with E-state index in [0.29, 0.717) is 0 Å². The lowest BCUT2D eigenvalue weighted by molar-refractivity contribution is -0.940. The Kier molecular flexibility index (Phi) is 6.37. The number of quaternary nitrogens is 1. The summed E-state index contributed by atoms with van der Waals surface area (Å²) in [7, 11) is 0. The zero-order valence-corrected chi connectivity index (χ0v) is 17.4. The Morgan fingerprint density at radius 1 is 0.923 bits per heavy atom. The molecule has 7 nitrogen and oxygen atoms in total. The van der Waals surface area contributed by atoms with Gasteiger partial charge in [-0.05, 0) is 12.1 Å². The van der Waals surface area contributed by atoms with Gasteiger partial charge in [-0.2, -0.15) is 0 Å². The summed E-state index contributed by atoms with van der Waals surface area (Å²) in [6.45, 7) is 14.5. The van der Waals surface area contributed by atoms with Crippen LogP contribution >= 0.6 is 0 Å². The summed E-state index contributed by atoms with van der Waals surface area (Å²) in [5.74, 6) is 0. The van der Waals surface area contributed by atoms with Crippen molar-refractivity contribution in [3.05, 3.63) is 34.4 Å². The summed E-state index contributed by atoms with van der Waals surface area (Å²) in [5, 5.41) is 10.8. The van der Waals surface area contributed by atoms with Crippen LogP contribution in [0.4, 0.5) is 11.4 Å². The van der Waals surface area contributed by atoms with Crippen molar-refractivity contribution in [1.29, 1.82) is 0 Å². The van der Waals surface area contributed by atoms with Crippen LogP contribution in [-0.2, 0) is 0 Å². The quantitative estimate of drug-likeness (QED) is 0.212. The first-order chi connectivity index (χ1) is 12.1. The maximum Gasteiger partial charge on any atom is 0.269 e. The smallest absolute Gasteiger partial charge is 0.269 e. The normalized spacial score (nSPS) is 28.6. The van der Waals surface area contributed by atoms with E-state index in [1.165, 1.54) is 56.8 Å². The number of halogens is 1. The average molecular weight is 473 g/mol. The van der Waals surface area contributed by atoms with E-state index in [-0.39, 0.29) is 34.6 Å². The zero-order chi connectivity index (χ0) is 17.3. The number of hydrogen-bond donors (Lipinski definition) is 0. The van der Waals surface area contributed by atoms with Crippen LogP contribution in [0.5, 0.6) is 0 Å². The molecule has 0 amide bonds. The molecule has 5 rings (SSSR count). The Bertz CT molecular complexity index is 597. The number of rotatable bonds is 5. The van der Waals surface area contributed by atoms with Gasteiger partial charge in [-0.15, -0.1) is 0 Å². The number of non-ortho nitro benzene ring substituents is 1. The number of piperazine rings is 4. The third-order valence-corrected chi connectivity index (χ3v) is 6.36. The van der Waals surface area contributed by atoms with Gasteiger partial charge >= 0.3 is 0 Å². The number of anilines is 1. The second-order valence-corrected chi connectivity index (χ2v) is 7.68. The van der Waals surface area contributed by atoms with Crippen molar-refractivity contribution in [2.45, 2.75) is 0 Å². The molecule has 0 aliphatic carbocycles. The first-order valence-electron chi connectivity index (χ1n) is 9.43. The number of nitrogens with zero attached hydrogens (tertiary/aromatic N) is 5. The number of hydrogen-bond acceptors (Lipinski definition) is 5. The second kappa shape index (κ2) is 8.37. The predicted molar refractivity (Wildman–Crippen MR) is 97.9 cm³/mol. The molecule has 2 bridgehead atoms. The van der Waals surface area contributed by atoms with Gasteiger partial charge in [0, 0.05) is 70.2 Å². The summed E-state index contributed by atoms with van der Waals surface area (Å²) in [5.41, 5.74) is 1.26. The Morgan fingerprint density at radius 2 is 1.50 bits per heavy atom. The van der Waals surface area contributed by atoms with Gasteiger partial charge in [-0.3, -0.25) is 19.9 Å². The van der Waals surface area contributed by atoms with Gasteiger partial charge in [0.1, 0.15) is 0 Å². The molecule has 1 aromatic carbocycles. The molecule has 0 N–H and O–H groups in total. The van der Waals surface area contributed by atoms with E-state index >= 15 is 0 Å². The molecule has 0 radical (unpaired) electrons. The molecule has 0 saturated carbocycles. The monoisotopic (exact) mass is 473 g/mol. The van der Waals surface area contributed by atoms with Crippen molar-refractivity contribution in [3.63, 3.8) is 0 Å². The van der Waals surface area contributed by atoms with Crippen molar-refractivity contribution in [3.8, 4) is 0 Å². The highest BCUT2D eigenvalue weighted by Gasteiger charge is 2.38. The van der Waals surface area contributed by atoms with E-state index in [1.54, 1.807) is 12.1 Å². The molecule has 4 saturated heterocycles. The van der Waals surface area contributed by atoms with Crippen molar-refractivity contribution >= 4 is 11.4 Å². The van der Waals surface area contributed by atoms with E-state index in [0.717, 1.165) is 31.9 Å². The summed E-state index contributed by atoms with van der Waals surface area (Å²) >= 11 is 0. The largest absolute Gasteiger partial charge is 1.00 e. The minimum Gasteiger partial charge on any atom is -1.00 e. The highest BCUT2D eigenvalue weighted by atomic mass is 127. The number of benzene rings is 1. The van der Waals surface area contributed by atoms with Gasteiger partial charge in [-0.1, -0.05) is 0 Å². The lowest BCUT2D eigenvalue weighted by Crippen LogP contribution is -3.00. The third kappa shape index (κ3) is 4.29. The number of fused-ring (bicyclic) bond motifs is 3. The fourth-order valence-electron chi connectivity index (χ4n) is 4.44. The first kappa shape index (κ1) is 19.8. The van der Waals surface area contributed by atoms with Crippen LogP contribution in [0.3, 0.4) is 0 Å². The molecule has 144 valence electrons. The molecule has 0 atom stereocenters. The van der Waals surface area contributed by atoms with Crippen LogP contribution in [-0.4, -0.2) is 97.7 Å². The molecule has 4 aliphatic rings. The van der Waals surface area contributed by atoms with Crippen molar-refractivity contribution < 1.29 is 33.4 Å². The van der Waals surface area contributed by atoms with Gasteiger partial charge in [0.25, 0.3) is 5.69 Å². The van der Waals surface area contributed by atoms with E-state index in [2.05, 4.69) is 14.7 Å². The van der Waals surface area contributed by atoms with Crippen molar-refractivity contribution in [2.24, 2.45) is 0 Å². The first-order valence-corrected chi connectivity index (χ1v) is 9.43. The third-order valence-electron chi connectivity index (χ3n) is 6.36. The van der Waals surface area contributed by atoms with Crippen molar-refractivity contribution in [1.82, 2.24) is 9.80 Å². The lowest BCUT2D eigenvalue weighted by atomic mass is 10.1. The Hall–Kier alpha value is -0.970. The number of nitro groups is 1. The molecular weight excluding hydrogens is 445 g/mol. The molecule has 4 fully saturated rings. The van der Waals surface area contributed by atoms with Gasteiger partial charge in [0.15, 0.2) is 0 Å². The van der Waals surface area contributed by atoms with Crippen LogP contribution in [0.1, 0.15) is 0 Å². The minimum atomic E-state index is -0.338. The van der Waals surface area contributed by atoms with Crippen molar-refractivity contribution in [2.75, 3.05) is 83.4 Å². The van der Waals surface area contributed by atoms with E-state index in [4.69, 9.17) is 0 Å². The second-order valence-electron chi connectivity index (χ2n) is 7.68. The summed E-state index contributed by atoms with van der Waals surface area (Å²) in [6.07, 6.45) is 0. The molecule has 0 unspecified atom stereocenters. The molecule has 26 heavy (non-hydrogen) atoms. The SMILES string of the molecule is O=[N+]([O-])c1ccc(N2CCN(CC[N+]34CCN(CC3)CC4)CC2)cc1.[I-]. The van der Waals surface area contributed by atoms with Gasteiger partial charge in [0.05, 0.1) is 31.1 Å². The fourth-order valence-corrected chi connectivity index (χ4v) is 4.44. The molecule has 4 heterocycles. The fraction of sp³-hybridized carbons (Fsp3) is 0.667.